The Kier molecular flexibility index (Phi) is 5.48. The Morgan fingerprint density at radius 3 is 2.39 bits per heavy atom. The molecule has 0 atom stereocenters. The van der Waals surface area contributed by atoms with Crippen LogP contribution in [0.4, 0.5) is 20.2 Å². The van der Waals surface area contributed by atoms with Gasteiger partial charge >= 0.3 is 0 Å². The second-order valence-electron chi connectivity index (χ2n) is 6.77. The second-order valence-corrected chi connectivity index (χ2v) is 6.77. The van der Waals surface area contributed by atoms with Gasteiger partial charge in [0.1, 0.15) is 17.3 Å². The Labute approximate surface area is 159 Å². The standard InChI is InChI=1S/C20H18F2N2O4/c1-12(25)14-2-5-18(19(10-14)24(27)28)23-8-6-13(7-9-23)20(26)16-11-15(21)3-4-17(16)22/h2-5,10-11,13H,6-9H2,1H3. The van der Waals surface area contributed by atoms with Crippen molar-refractivity contribution in [2.75, 3.05) is 18.0 Å². The fourth-order valence-corrected chi connectivity index (χ4v) is 3.44. The van der Waals surface area contributed by atoms with E-state index < -0.39 is 28.3 Å². The maximum Gasteiger partial charge on any atom is 0.293 e. The maximum atomic E-state index is 13.9. The zero-order chi connectivity index (χ0) is 20.4. The lowest BCUT2D eigenvalue weighted by molar-refractivity contribution is -0.384. The number of nitro benzene ring substituents is 1. The molecular weight excluding hydrogens is 370 g/mol. The smallest absolute Gasteiger partial charge is 0.293 e. The normalized spacial score (nSPS) is 14.8. The van der Waals surface area contributed by atoms with Crippen molar-refractivity contribution in [2.24, 2.45) is 5.92 Å². The molecule has 3 rings (SSSR count). The zero-order valence-corrected chi connectivity index (χ0v) is 15.2. The fourth-order valence-electron chi connectivity index (χ4n) is 3.44. The summed E-state index contributed by atoms with van der Waals surface area (Å²) in [5.41, 5.74) is 0.184. The van der Waals surface area contributed by atoms with Gasteiger partial charge in [-0.25, -0.2) is 8.78 Å². The van der Waals surface area contributed by atoms with E-state index in [1.807, 2.05) is 0 Å². The van der Waals surface area contributed by atoms with E-state index in [1.54, 1.807) is 4.90 Å². The minimum absolute atomic E-state index is 0.173. The van der Waals surface area contributed by atoms with Crippen LogP contribution in [0.2, 0.25) is 0 Å². The first-order valence-corrected chi connectivity index (χ1v) is 8.81. The topological polar surface area (TPSA) is 80.5 Å². The van der Waals surface area contributed by atoms with Crippen molar-refractivity contribution in [3.63, 3.8) is 0 Å². The summed E-state index contributed by atoms with van der Waals surface area (Å²) in [7, 11) is 0. The van der Waals surface area contributed by atoms with Crippen LogP contribution >= 0.6 is 0 Å². The van der Waals surface area contributed by atoms with Crippen molar-refractivity contribution < 1.29 is 23.3 Å². The van der Waals surface area contributed by atoms with Gasteiger partial charge in [0.05, 0.1) is 10.5 Å². The second kappa shape index (κ2) is 7.84. The lowest BCUT2D eigenvalue weighted by Gasteiger charge is -2.32. The lowest BCUT2D eigenvalue weighted by Crippen LogP contribution is -2.37. The molecule has 0 amide bonds. The Balaban J connectivity index is 1.77. The molecule has 0 bridgehead atoms. The van der Waals surface area contributed by atoms with Crippen LogP contribution < -0.4 is 4.90 Å². The number of ketones is 2. The van der Waals surface area contributed by atoms with Crippen LogP contribution in [0.1, 0.15) is 40.5 Å². The third kappa shape index (κ3) is 3.90. The largest absolute Gasteiger partial charge is 0.366 e. The fraction of sp³-hybridized carbons (Fsp3) is 0.300. The van der Waals surface area contributed by atoms with Gasteiger partial charge in [0.15, 0.2) is 11.6 Å². The van der Waals surface area contributed by atoms with Crippen LogP contribution in [-0.4, -0.2) is 29.6 Å². The number of piperidine rings is 1. The molecule has 0 unspecified atom stereocenters. The van der Waals surface area contributed by atoms with Gasteiger partial charge in [0.2, 0.25) is 0 Å². The molecule has 28 heavy (non-hydrogen) atoms. The number of nitrogens with zero attached hydrogens (tertiary/aromatic N) is 2. The third-order valence-electron chi connectivity index (χ3n) is 4.98. The molecule has 0 N–H and O–H groups in total. The molecule has 8 heteroatoms. The predicted octanol–water partition coefficient (Wildman–Crippen LogP) is 4.17. The van der Waals surface area contributed by atoms with Crippen molar-refractivity contribution in [3.05, 3.63) is 69.3 Å². The Morgan fingerprint density at radius 2 is 1.79 bits per heavy atom. The number of hydrogen-bond donors (Lipinski definition) is 0. The van der Waals surface area contributed by atoms with Crippen LogP contribution in [0, 0.1) is 27.7 Å². The Morgan fingerprint density at radius 1 is 1.11 bits per heavy atom. The predicted molar refractivity (Wildman–Crippen MR) is 98.7 cm³/mol. The van der Waals surface area contributed by atoms with Crippen LogP contribution in [-0.2, 0) is 0 Å². The van der Waals surface area contributed by atoms with Crippen molar-refractivity contribution >= 4 is 22.9 Å². The summed E-state index contributed by atoms with van der Waals surface area (Å²) in [5, 5.41) is 11.4. The Hall–Kier alpha value is -3.16. The van der Waals surface area contributed by atoms with Gasteiger partial charge < -0.3 is 4.90 Å². The first-order valence-electron chi connectivity index (χ1n) is 8.81. The number of anilines is 1. The van der Waals surface area contributed by atoms with Crippen LogP contribution in [0.15, 0.2) is 36.4 Å². The van der Waals surface area contributed by atoms with E-state index in [-0.39, 0.29) is 22.6 Å². The highest BCUT2D eigenvalue weighted by Crippen LogP contribution is 2.33. The van der Waals surface area contributed by atoms with Crippen molar-refractivity contribution in [3.8, 4) is 0 Å². The number of benzene rings is 2. The molecule has 1 fully saturated rings. The van der Waals surface area contributed by atoms with Gasteiger partial charge in [0.25, 0.3) is 5.69 Å². The monoisotopic (exact) mass is 388 g/mol. The van der Waals surface area contributed by atoms with Crippen molar-refractivity contribution in [1.82, 2.24) is 0 Å². The number of hydrogen-bond acceptors (Lipinski definition) is 5. The number of nitro groups is 1. The highest BCUT2D eigenvalue weighted by Gasteiger charge is 2.30. The maximum absolute atomic E-state index is 13.9. The van der Waals surface area contributed by atoms with Crippen molar-refractivity contribution in [1.29, 1.82) is 0 Å². The van der Waals surface area contributed by atoms with E-state index in [1.165, 1.54) is 25.1 Å². The van der Waals surface area contributed by atoms with E-state index >= 15 is 0 Å². The number of halogens is 2. The molecule has 0 aliphatic carbocycles. The average Bonchev–Trinajstić information content (AvgIpc) is 2.69. The van der Waals surface area contributed by atoms with Crippen LogP contribution in [0.5, 0.6) is 0 Å². The van der Waals surface area contributed by atoms with Gasteiger partial charge in [-0.3, -0.25) is 19.7 Å². The lowest BCUT2D eigenvalue weighted by atomic mass is 9.88. The number of Topliss-reactive ketones (excluding diaryl/α,β-unsaturated/α-hetero) is 2. The minimum Gasteiger partial charge on any atom is -0.366 e. The number of carbonyl (C=O) groups is 2. The molecule has 0 aromatic heterocycles. The third-order valence-corrected chi connectivity index (χ3v) is 4.98. The highest BCUT2D eigenvalue weighted by molar-refractivity contribution is 5.98. The number of rotatable bonds is 5. The van der Waals surface area contributed by atoms with E-state index in [2.05, 4.69) is 0 Å². The molecule has 0 radical (unpaired) electrons. The molecule has 6 nitrogen and oxygen atoms in total. The van der Waals surface area contributed by atoms with E-state index in [4.69, 9.17) is 0 Å². The summed E-state index contributed by atoms with van der Waals surface area (Å²) in [6.45, 7) is 2.04. The molecule has 1 aliphatic rings. The van der Waals surface area contributed by atoms with Gasteiger partial charge in [-0.2, -0.15) is 0 Å². The summed E-state index contributed by atoms with van der Waals surface area (Å²) in [5.74, 6) is -2.65. The van der Waals surface area contributed by atoms with Gasteiger partial charge in [-0.15, -0.1) is 0 Å². The quantitative estimate of drug-likeness (QED) is 0.436. The summed E-state index contributed by atoms with van der Waals surface area (Å²) >= 11 is 0. The molecule has 1 saturated heterocycles. The average molecular weight is 388 g/mol. The van der Waals surface area contributed by atoms with Gasteiger partial charge in [-0.1, -0.05) is 0 Å². The molecule has 0 saturated carbocycles. The first kappa shape index (κ1) is 19.6. The Bertz CT molecular complexity index is 953. The van der Waals surface area contributed by atoms with Gasteiger partial charge in [0, 0.05) is 30.6 Å². The summed E-state index contributed by atoms with van der Waals surface area (Å²) in [6.07, 6.45) is 0.723. The zero-order valence-electron chi connectivity index (χ0n) is 15.2. The summed E-state index contributed by atoms with van der Waals surface area (Å²) in [6, 6.07) is 7.09. The van der Waals surface area contributed by atoms with Crippen molar-refractivity contribution in [2.45, 2.75) is 19.8 Å². The van der Waals surface area contributed by atoms with E-state index in [9.17, 15) is 28.5 Å². The molecule has 1 heterocycles. The number of carbonyl (C=O) groups excluding carboxylic acids is 2. The molecule has 1 aliphatic heterocycles. The molecular formula is C20H18F2N2O4. The van der Waals surface area contributed by atoms with Gasteiger partial charge in [-0.05, 0) is 50.1 Å². The minimum atomic E-state index is -0.760. The summed E-state index contributed by atoms with van der Waals surface area (Å²) in [4.78, 5) is 36.7. The highest BCUT2D eigenvalue weighted by atomic mass is 19.1. The molecule has 2 aromatic rings. The van der Waals surface area contributed by atoms with Crippen LogP contribution in [0.25, 0.3) is 0 Å². The van der Waals surface area contributed by atoms with Crippen LogP contribution in [0.3, 0.4) is 0 Å². The molecule has 2 aromatic carbocycles. The van der Waals surface area contributed by atoms with E-state index in [0.717, 1.165) is 18.2 Å². The SMILES string of the molecule is CC(=O)c1ccc(N2CCC(C(=O)c3cc(F)ccc3F)CC2)c([N+](=O)[O-])c1. The van der Waals surface area contributed by atoms with E-state index in [0.29, 0.717) is 31.6 Å². The molecule has 0 spiro atoms. The summed E-state index contributed by atoms with van der Waals surface area (Å²) < 4.78 is 27.2. The molecule has 146 valence electrons. The first-order chi connectivity index (χ1) is 13.3.